The van der Waals surface area contributed by atoms with Crippen LogP contribution in [0.5, 0.6) is 0 Å². The lowest BCUT2D eigenvalue weighted by Gasteiger charge is -2.39. The minimum absolute atomic E-state index is 0.121. The number of rotatable bonds is 15. The molecule has 1 saturated heterocycles. The summed E-state index contributed by atoms with van der Waals surface area (Å²) in [6, 6.07) is 22.8. The summed E-state index contributed by atoms with van der Waals surface area (Å²) in [5.41, 5.74) is 3.27. The first-order valence-corrected chi connectivity index (χ1v) is 18.0. The van der Waals surface area contributed by atoms with E-state index in [1.165, 1.54) is 4.90 Å². The summed E-state index contributed by atoms with van der Waals surface area (Å²) in [4.78, 5) is 69.0. The molecular formula is C40H49N4O8+. The molecule has 0 aromatic heterocycles. The van der Waals surface area contributed by atoms with Gasteiger partial charge in [0.05, 0.1) is 57.2 Å². The van der Waals surface area contributed by atoms with Gasteiger partial charge in [-0.2, -0.15) is 0 Å². The number of nitrogens with one attached hydrogen (secondary N) is 1. The summed E-state index contributed by atoms with van der Waals surface area (Å²) in [5.74, 6) is -1.49. The van der Waals surface area contributed by atoms with Crippen LogP contribution >= 0.6 is 0 Å². The molecule has 1 fully saturated rings. The highest BCUT2D eigenvalue weighted by atomic mass is 16.6. The Bertz CT molecular complexity index is 1700. The molecule has 52 heavy (non-hydrogen) atoms. The maximum atomic E-state index is 13.4. The second kappa shape index (κ2) is 17.4. The molecule has 2 aliphatic rings. The molecule has 0 bridgehead atoms. The number of hydrogen-bond acceptors (Lipinski definition) is 9. The highest BCUT2D eigenvalue weighted by Gasteiger charge is 2.42. The molecule has 12 nitrogen and oxygen atoms in total. The average molecular weight is 714 g/mol. The van der Waals surface area contributed by atoms with Crippen LogP contribution in [-0.2, 0) is 23.8 Å². The zero-order chi connectivity index (χ0) is 37.3. The second-order valence-corrected chi connectivity index (χ2v) is 13.6. The number of ether oxygens (including phenoxy) is 3. The van der Waals surface area contributed by atoms with Crippen LogP contribution in [0.25, 0.3) is 11.1 Å². The molecule has 0 unspecified atom stereocenters. The number of anilines is 1. The van der Waals surface area contributed by atoms with Crippen LogP contribution in [0.4, 0.5) is 10.5 Å². The van der Waals surface area contributed by atoms with Crippen LogP contribution in [-0.4, -0.2) is 116 Å². The topological polar surface area (TPSA) is 132 Å². The smallest absolute Gasteiger partial charge is 0.411 e. The monoisotopic (exact) mass is 713 g/mol. The van der Waals surface area contributed by atoms with Crippen molar-refractivity contribution in [2.24, 2.45) is 0 Å². The van der Waals surface area contributed by atoms with Crippen molar-refractivity contribution < 1.29 is 42.7 Å². The molecule has 5 rings (SSSR count). The van der Waals surface area contributed by atoms with Gasteiger partial charge < -0.3 is 18.7 Å². The third kappa shape index (κ3) is 9.04. The van der Waals surface area contributed by atoms with E-state index < -0.39 is 24.1 Å². The minimum Gasteiger partial charge on any atom is -0.465 e. The van der Waals surface area contributed by atoms with Gasteiger partial charge in [0.2, 0.25) is 0 Å². The highest BCUT2D eigenvalue weighted by molar-refractivity contribution is 6.21. The van der Waals surface area contributed by atoms with Gasteiger partial charge in [0.25, 0.3) is 11.8 Å². The van der Waals surface area contributed by atoms with E-state index in [1.54, 1.807) is 38.1 Å². The number of quaternary nitrogens is 1. The predicted molar refractivity (Wildman–Crippen MR) is 195 cm³/mol. The first kappa shape index (κ1) is 38.2. The van der Waals surface area contributed by atoms with Crippen molar-refractivity contribution in [3.05, 3.63) is 90.0 Å². The van der Waals surface area contributed by atoms with Crippen LogP contribution in [0.2, 0.25) is 0 Å². The third-order valence-corrected chi connectivity index (χ3v) is 9.89. The van der Waals surface area contributed by atoms with E-state index >= 15 is 0 Å². The molecule has 3 aromatic carbocycles. The molecule has 3 aromatic rings. The summed E-state index contributed by atoms with van der Waals surface area (Å²) in [7, 11) is 3.73. The van der Waals surface area contributed by atoms with Crippen molar-refractivity contribution >= 4 is 35.5 Å². The minimum atomic E-state index is -0.671. The SMILES string of the molecule is CCOC(=O)[C@@H](CC[C@@H](C(=O)OCC)N1CCC(OC(=O)Nc2ccccc2-c2ccccc2)CC1)[N+](C)(C)CCN1C(=O)c2ccccc2C1=O. The number of hydrogen-bond donors (Lipinski definition) is 1. The van der Waals surface area contributed by atoms with Crippen molar-refractivity contribution in [2.75, 3.05) is 58.8 Å². The number of piperidine rings is 1. The Balaban J connectivity index is 1.20. The maximum Gasteiger partial charge on any atom is 0.411 e. The van der Waals surface area contributed by atoms with Gasteiger partial charge in [0.15, 0.2) is 6.04 Å². The van der Waals surface area contributed by atoms with Crippen molar-refractivity contribution in [1.29, 1.82) is 0 Å². The van der Waals surface area contributed by atoms with Gasteiger partial charge in [0, 0.05) is 25.1 Å². The number of imide groups is 1. The lowest BCUT2D eigenvalue weighted by atomic mass is 9.99. The van der Waals surface area contributed by atoms with Crippen LogP contribution in [0.1, 0.15) is 60.2 Å². The molecule has 3 amide bonds. The van der Waals surface area contributed by atoms with E-state index in [0.29, 0.717) is 62.1 Å². The number of carbonyl (C=O) groups is 5. The largest absolute Gasteiger partial charge is 0.465 e. The van der Waals surface area contributed by atoms with Gasteiger partial charge in [-0.25, -0.2) is 9.59 Å². The number of para-hydroxylation sites is 1. The van der Waals surface area contributed by atoms with Gasteiger partial charge in [-0.1, -0.05) is 60.7 Å². The van der Waals surface area contributed by atoms with Gasteiger partial charge in [-0.3, -0.25) is 29.5 Å². The van der Waals surface area contributed by atoms with E-state index in [1.807, 2.05) is 73.6 Å². The molecule has 0 saturated carbocycles. The molecule has 276 valence electrons. The standard InChI is InChI=1S/C40H48N4O8/c1-5-50-38(47)34(42-24-22-29(23-25-42)52-40(49)41-33-19-13-12-16-30(33)28-14-8-7-9-15-28)20-21-35(39(48)51-6-2)44(3,4)27-26-43-36(45)31-17-10-11-18-32(31)37(43)46/h7-19,29,34-35H,5-6,20-27H2,1-4H3/p+1/t34-,35+/m0/s1. The van der Waals surface area contributed by atoms with E-state index in [9.17, 15) is 24.0 Å². The van der Waals surface area contributed by atoms with Gasteiger partial charge in [-0.15, -0.1) is 0 Å². The van der Waals surface area contributed by atoms with E-state index in [2.05, 4.69) is 5.32 Å². The number of carbonyl (C=O) groups excluding carboxylic acids is 5. The number of nitrogens with zero attached hydrogens (tertiary/aromatic N) is 3. The molecule has 2 aliphatic heterocycles. The number of amides is 3. The van der Waals surface area contributed by atoms with Gasteiger partial charge in [-0.05, 0) is 56.9 Å². The van der Waals surface area contributed by atoms with Crippen LogP contribution in [0.3, 0.4) is 0 Å². The quantitative estimate of drug-likeness (QED) is 0.0955. The first-order chi connectivity index (χ1) is 25.0. The first-order valence-electron chi connectivity index (χ1n) is 18.0. The fourth-order valence-electron chi connectivity index (χ4n) is 7.01. The molecule has 0 aliphatic carbocycles. The average Bonchev–Trinajstić information content (AvgIpc) is 3.38. The zero-order valence-electron chi connectivity index (χ0n) is 30.4. The molecule has 12 heteroatoms. The Morgan fingerprint density at radius 3 is 1.94 bits per heavy atom. The van der Waals surface area contributed by atoms with Crippen molar-refractivity contribution in [1.82, 2.24) is 9.80 Å². The predicted octanol–water partition coefficient (Wildman–Crippen LogP) is 5.38. The molecule has 1 N–H and O–H groups in total. The van der Waals surface area contributed by atoms with Crippen molar-refractivity contribution in [3.63, 3.8) is 0 Å². The molecule has 2 heterocycles. The van der Waals surface area contributed by atoms with E-state index in [4.69, 9.17) is 14.2 Å². The Morgan fingerprint density at radius 2 is 1.33 bits per heavy atom. The van der Waals surface area contributed by atoms with Crippen molar-refractivity contribution in [3.8, 4) is 11.1 Å². The third-order valence-electron chi connectivity index (χ3n) is 9.89. The number of benzene rings is 3. The Morgan fingerprint density at radius 1 is 0.769 bits per heavy atom. The number of likely N-dealkylation sites (N-methyl/N-ethyl adjacent to an activating group) is 1. The Kier molecular flexibility index (Phi) is 12.8. The summed E-state index contributed by atoms with van der Waals surface area (Å²) >= 11 is 0. The van der Waals surface area contributed by atoms with Crippen LogP contribution in [0, 0.1) is 0 Å². The molecule has 0 spiro atoms. The lowest BCUT2D eigenvalue weighted by Crippen LogP contribution is -2.57. The summed E-state index contributed by atoms with van der Waals surface area (Å²) in [5, 5.41) is 2.90. The fourth-order valence-corrected chi connectivity index (χ4v) is 7.01. The number of likely N-dealkylation sites (tertiary alicyclic amines) is 1. The zero-order valence-corrected chi connectivity index (χ0v) is 30.4. The highest BCUT2D eigenvalue weighted by Crippen LogP contribution is 2.29. The fraction of sp³-hybridized carbons (Fsp3) is 0.425. The Labute approximate surface area is 305 Å². The lowest BCUT2D eigenvalue weighted by molar-refractivity contribution is -0.906. The summed E-state index contributed by atoms with van der Waals surface area (Å²) in [6.07, 6.45) is 0.783. The summed E-state index contributed by atoms with van der Waals surface area (Å²) in [6.45, 7) is 5.30. The normalized spacial score (nSPS) is 16.2. The van der Waals surface area contributed by atoms with Crippen molar-refractivity contribution in [2.45, 2.75) is 57.7 Å². The van der Waals surface area contributed by atoms with Gasteiger partial charge in [0.1, 0.15) is 12.1 Å². The number of fused-ring (bicyclic) bond motifs is 1. The van der Waals surface area contributed by atoms with Gasteiger partial charge >= 0.3 is 18.0 Å². The maximum absolute atomic E-state index is 13.4. The molecular weight excluding hydrogens is 664 g/mol. The molecule has 2 atom stereocenters. The second-order valence-electron chi connectivity index (χ2n) is 13.6. The van der Waals surface area contributed by atoms with Crippen LogP contribution < -0.4 is 5.32 Å². The molecule has 0 radical (unpaired) electrons. The van der Waals surface area contributed by atoms with Crippen LogP contribution in [0.15, 0.2) is 78.9 Å². The number of esters is 2. The summed E-state index contributed by atoms with van der Waals surface area (Å²) < 4.78 is 16.9. The van der Waals surface area contributed by atoms with E-state index in [-0.39, 0.29) is 48.1 Å². The Hall–Kier alpha value is -5.07. The van der Waals surface area contributed by atoms with E-state index in [0.717, 1.165) is 11.1 Å².